The molecule has 0 unspecified atom stereocenters. The van der Waals surface area contributed by atoms with E-state index in [0.717, 1.165) is 11.3 Å². The molecule has 1 aliphatic rings. The number of aromatic nitrogens is 5. The maximum Gasteiger partial charge on any atom is 0.324 e. The fourth-order valence-corrected chi connectivity index (χ4v) is 3.19. The normalized spacial score (nSPS) is 13.8. The summed E-state index contributed by atoms with van der Waals surface area (Å²) < 4.78 is 11.3. The van der Waals surface area contributed by atoms with Gasteiger partial charge in [0.1, 0.15) is 17.7 Å². The lowest BCUT2D eigenvalue weighted by Crippen LogP contribution is -2.54. The summed E-state index contributed by atoms with van der Waals surface area (Å²) in [5, 5.41) is 4.01. The van der Waals surface area contributed by atoms with Crippen LogP contribution in [0.25, 0.3) is 11.6 Å². The van der Waals surface area contributed by atoms with Gasteiger partial charge in [-0.3, -0.25) is 0 Å². The Morgan fingerprint density at radius 3 is 2.40 bits per heavy atom. The zero-order chi connectivity index (χ0) is 20.3. The number of benzene rings is 2. The van der Waals surface area contributed by atoms with Crippen molar-refractivity contribution in [3.05, 3.63) is 72.1 Å². The highest BCUT2D eigenvalue weighted by molar-refractivity contribution is 5.47. The van der Waals surface area contributed by atoms with Crippen molar-refractivity contribution in [2.24, 2.45) is 0 Å². The average Bonchev–Trinajstić information content (AvgIpc) is 3.21. The minimum atomic E-state index is 0.0769. The van der Waals surface area contributed by atoms with Gasteiger partial charge in [0.05, 0.1) is 13.1 Å². The van der Waals surface area contributed by atoms with E-state index in [1.807, 2.05) is 65.6 Å². The van der Waals surface area contributed by atoms with Crippen molar-refractivity contribution in [2.75, 3.05) is 23.7 Å². The van der Waals surface area contributed by atoms with Gasteiger partial charge in [-0.1, -0.05) is 53.7 Å². The Morgan fingerprint density at radius 1 is 0.900 bits per heavy atom. The van der Waals surface area contributed by atoms with E-state index in [9.17, 15) is 0 Å². The first kappa shape index (κ1) is 18.0. The predicted octanol–water partition coefficient (Wildman–Crippen LogP) is 2.36. The summed E-state index contributed by atoms with van der Waals surface area (Å²) in [7, 11) is 0. The standard InChI is InChI=1S/C21H19N7O2/c22-20-24-17(11-14-7-3-1-4-8-14)23-18(25-20)19-26-21(30-27-19)28-12-16(13-28)29-15-9-5-2-6-10-15/h1-10,16H,11-13H2,(H2,22,23,24,25). The molecule has 1 aliphatic heterocycles. The van der Waals surface area contributed by atoms with Crippen molar-refractivity contribution in [1.29, 1.82) is 0 Å². The molecule has 0 amide bonds. The number of rotatable bonds is 6. The molecular formula is C21H19N7O2. The van der Waals surface area contributed by atoms with Gasteiger partial charge in [0, 0.05) is 6.42 Å². The van der Waals surface area contributed by atoms with Crippen molar-refractivity contribution in [2.45, 2.75) is 12.5 Å². The van der Waals surface area contributed by atoms with Crippen molar-refractivity contribution in [1.82, 2.24) is 25.1 Å². The molecule has 2 aromatic heterocycles. The number of hydrogen-bond acceptors (Lipinski definition) is 9. The first-order valence-corrected chi connectivity index (χ1v) is 9.58. The highest BCUT2D eigenvalue weighted by atomic mass is 16.5. The Balaban J connectivity index is 1.27. The molecule has 1 fully saturated rings. The minimum Gasteiger partial charge on any atom is -0.487 e. The molecule has 0 radical (unpaired) electrons. The third kappa shape index (κ3) is 3.90. The van der Waals surface area contributed by atoms with Gasteiger partial charge < -0.3 is 19.9 Å². The second kappa shape index (κ2) is 7.78. The van der Waals surface area contributed by atoms with E-state index in [4.69, 9.17) is 15.0 Å². The molecule has 1 saturated heterocycles. The third-order valence-electron chi connectivity index (χ3n) is 4.68. The second-order valence-corrected chi connectivity index (χ2v) is 6.95. The molecule has 30 heavy (non-hydrogen) atoms. The monoisotopic (exact) mass is 401 g/mol. The van der Waals surface area contributed by atoms with Crippen molar-refractivity contribution < 1.29 is 9.26 Å². The topological polar surface area (TPSA) is 116 Å². The summed E-state index contributed by atoms with van der Waals surface area (Å²) in [6.45, 7) is 1.32. The number of nitrogens with two attached hydrogens (primary N) is 1. The van der Waals surface area contributed by atoms with Crippen molar-refractivity contribution >= 4 is 12.0 Å². The van der Waals surface area contributed by atoms with Crippen LogP contribution in [0.15, 0.2) is 65.2 Å². The second-order valence-electron chi connectivity index (χ2n) is 6.95. The van der Waals surface area contributed by atoms with Crippen LogP contribution in [0.5, 0.6) is 5.75 Å². The van der Waals surface area contributed by atoms with Crippen LogP contribution in [0.3, 0.4) is 0 Å². The third-order valence-corrected chi connectivity index (χ3v) is 4.68. The van der Waals surface area contributed by atoms with Gasteiger partial charge in [0.15, 0.2) is 0 Å². The molecule has 4 aromatic rings. The predicted molar refractivity (Wildman–Crippen MR) is 110 cm³/mol. The van der Waals surface area contributed by atoms with Crippen LogP contribution >= 0.6 is 0 Å². The number of para-hydroxylation sites is 1. The molecule has 0 saturated carbocycles. The lowest BCUT2D eigenvalue weighted by atomic mass is 10.1. The lowest BCUT2D eigenvalue weighted by molar-refractivity contribution is 0.160. The molecule has 9 heteroatoms. The zero-order valence-corrected chi connectivity index (χ0v) is 16.0. The van der Waals surface area contributed by atoms with Crippen LogP contribution in [-0.2, 0) is 6.42 Å². The molecule has 150 valence electrons. The van der Waals surface area contributed by atoms with Gasteiger partial charge in [-0.2, -0.15) is 15.0 Å². The highest BCUT2D eigenvalue weighted by Gasteiger charge is 2.32. The van der Waals surface area contributed by atoms with Crippen LogP contribution in [0.1, 0.15) is 11.4 Å². The summed E-state index contributed by atoms with van der Waals surface area (Å²) in [5.74, 6) is 2.09. The summed E-state index contributed by atoms with van der Waals surface area (Å²) in [6, 6.07) is 20.0. The molecule has 0 atom stereocenters. The molecular weight excluding hydrogens is 382 g/mol. The van der Waals surface area contributed by atoms with E-state index < -0.39 is 0 Å². The molecule has 0 bridgehead atoms. The molecule has 2 N–H and O–H groups in total. The maximum absolute atomic E-state index is 5.90. The van der Waals surface area contributed by atoms with Crippen LogP contribution in [0.4, 0.5) is 12.0 Å². The number of ether oxygens (including phenoxy) is 1. The quantitative estimate of drug-likeness (QED) is 0.519. The Morgan fingerprint density at radius 2 is 1.63 bits per heavy atom. The first-order valence-electron chi connectivity index (χ1n) is 9.58. The van der Waals surface area contributed by atoms with Gasteiger partial charge >= 0.3 is 6.01 Å². The smallest absolute Gasteiger partial charge is 0.324 e. The highest BCUT2D eigenvalue weighted by Crippen LogP contribution is 2.24. The van der Waals surface area contributed by atoms with E-state index in [1.165, 1.54) is 0 Å². The largest absolute Gasteiger partial charge is 0.487 e. The first-order chi connectivity index (χ1) is 14.7. The Labute approximate surface area is 172 Å². The Kier molecular flexibility index (Phi) is 4.68. The summed E-state index contributed by atoms with van der Waals surface area (Å²) in [6.07, 6.45) is 0.614. The van der Waals surface area contributed by atoms with Gasteiger partial charge in [-0.15, -0.1) is 0 Å². The van der Waals surface area contributed by atoms with Gasteiger partial charge in [0.2, 0.25) is 17.6 Å². The van der Waals surface area contributed by atoms with Crippen molar-refractivity contribution in [3.63, 3.8) is 0 Å². The molecule has 5 rings (SSSR count). The number of nitrogens with zero attached hydrogens (tertiary/aromatic N) is 6. The zero-order valence-electron chi connectivity index (χ0n) is 16.0. The maximum atomic E-state index is 5.90. The van der Waals surface area contributed by atoms with Crippen LogP contribution in [0.2, 0.25) is 0 Å². The Hall–Kier alpha value is -4.01. The Bertz CT molecular complexity index is 1130. The minimum absolute atomic E-state index is 0.0769. The van der Waals surface area contributed by atoms with Crippen molar-refractivity contribution in [3.8, 4) is 17.4 Å². The van der Waals surface area contributed by atoms with E-state index in [0.29, 0.717) is 37.2 Å². The van der Waals surface area contributed by atoms with E-state index >= 15 is 0 Å². The van der Waals surface area contributed by atoms with E-state index in [-0.39, 0.29) is 17.9 Å². The van der Waals surface area contributed by atoms with E-state index in [1.54, 1.807) is 0 Å². The fourth-order valence-electron chi connectivity index (χ4n) is 3.19. The molecule has 2 aromatic carbocycles. The number of hydrogen-bond donors (Lipinski definition) is 1. The van der Waals surface area contributed by atoms with Crippen LogP contribution in [-0.4, -0.2) is 44.3 Å². The summed E-state index contributed by atoms with van der Waals surface area (Å²) in [4.78, 5) is 19.2. The summed E-state index contributed by atoms with van der Waals surface area (Å²) in [5.41, 5.74) is 6.95. The SMILES string of the molecule is Nc1nc(Cc2ccccc2)nc(-c2noc(N3CC(Oc4ccccc4)C3)n2)n1. The average molecular weight is 401 g/mol. The molecule has 3 heterocycles. The molecule has 9 nitrogen and oxygen atoms in total. The van der Waals surface area contributed by atoms with Crippen LogP contribution < -0.4 is 15.4 Å². The van der Waals surface area contributed by atoms with Crippen LogP contribution in [0, 0.1) is 0 Å². The van der Waals surface area contributed by atoms with Gasteiger partial charge in [-0.05, 0) is 17.7 Å². The number of anilines is 2. The molecule has 0 aliphatic carbocycles. The van der Waals surface area contributed by atoms with E-state index in [2.05, 4.69) is 25.1 Å². The van der Waals surface area contributed by atoms with Gasteiger partial charge in [-0.25, -0.2) is 4.98 Å². The lowest BCUT2D eigenvalue weighted by Gasteiger charge is -2.37. The van der Waals surface area contributed by atoms with Gasteiger partial charge in [0.25, 0.3) is 0 Å². The number of nitrogen functional groups attached to an aromatic ring is 1. The fraction of sp³-hybridized carbons (Fsp3) is 0.190. The summed E-state index contributed by atoms with van der Waals surface area (Å²) >= 11 is 0. The molecule has 0 spiro atoms.